The van der Waals surface area contributed by atoms with Gasteiger partial charge in [0, 0.05) is 12.7 Å². The van der Waals surface area contributed by atoms with E-state index in [0.29, 0.717) is 12.2 Å². The number of amides is 1. The predicted molar refractivity (Wildman–Crippen MR) is 71.6 cm³/mol. The number of pyridine rings is 1. The van der Waals surface area contributed by atoms with Gasteiger partial charge < -0.3 is 10.6 Å². The van der Waals surface area contributed by atoms with Crippen LogP contribution in [0.1, 0.15) is 23.1 Å². The average Bonchev–Trinajstić information content (AvgIpc) is 2.47. The van der Waals surface area contributed by atoms with Crippen LogP contribution in [-0.2, 0) is 6.54 Å². The van der Waals surface area contributed by atoms with Gasteiger partial charge in [-0.2, -0.15) is 0 Å². The molecule has 0 atom stereocenters. The molecule has 2 heterocycles. The van der Waals surface area contributed by atoms with Gasteiger partial charge in [0.05, 0.1) is 24.1 Å². The zero-order valence-electron chi connectivity index (χ0n) is 10.6. The lowest BCUT2D eigenvalue weighted by molar-refractivity contribution is 0.0945. The Kier molecular flexibility index (Phi) is 4.39. The summed E-state index contributed by atoms with van der Waals surface area (Å²) in [7, 11) is 0. The van der Waals surface area contributed by atoms with Crippen molar-refractivity contribution >= 4 is 11.6 Å². The van der Waals surface area contributed by atoms with Crippen molar-refractivity contribution in [2.75, 3.05) is 11.9 Å². The summed E-state index contributed by atoms with van der Waals surface area (Å²) in [6, 6.07) is 5.27. The van der Waals surface area contributed by atoms with Crippen molar-refractivity contribution in [2.45, 2.75) is 13.5 Å². The molecule has 0 bridgehead atoms. The van der Waals surface area contributed by atoms with Gasteiger partial charge in [-0.3, -0.25) is 4.79 Å². The smallest absolute Gasteiger partial charge is 0.270 e. The van der Waals surface area contributed by atoms with Crippen LogP contribution in [0.15, 0.2) is 36.9 Å². The van der Waals surface area contributed by atoms with Crippen molar-refractivity contribution < 1.29 is 4.79 Å². The highest BCUT2D eigenvalue weighted by Gasteiger charge is 2.06. The highest BCUT2D eigenvalue weighted by atomic mass is 16.1. The number of anilines is 1. The standard InChI is InChI=1S/C13H15N5O/c1-2-15-10-3-4-12(16-7-10)13(19)17-8-11-5-6-14-9-18-11/h3-7,9,15H,2,8H2,1H3,(H,17,19). The number of nitrogens with zero attached hydrogens (tertiary/aromatic N) is 3. The SMILES string of the molecule is CCNc1ccc(C(=O)NCc2ccncn2)nc1. The molecule has 98 valence electrons. The highest BCUT2D eigenvalue weighted by Crippen LogP contribution is 2.05. The van der Waals surface area contributed by atoms with E-state index in [1.165, 1.54) is 6.33 Å². The Balaban J connectivity index is 1.92. The Morgan fingerprint density at radius 3 is 2.79 bits per heavy atom. The van der Waals surface area contributed by atoms with Crippen LogP contribution in [0.4, 0.5) is 5.69 Å². The third-order valence-corrected chi connectivity index (χ3v) is 2.45. The Morgan fingerprint density at radius 1 is 1.26 bits per heavy atom. The summed E-state index contributed by atoms with van der Waals surface area (Å²) in [5.41, 5.74) is 2.04. The largest absolute Gasteiger partial charge is 0.384 e. The van der Waals surface area contributed by atoms with Crippen molar-refractivity contribution in [2.24, 2.45) is 0 Å². The van der Waals surface area contributed by atoms with Crippen molar-refractivity contribution in [3.05, 3.63) is 48.3 Å². The molecule has 0 unspecified atom stereocenters. The van der Waals surface area contributed by atoms with Crippen LogP contribution in [0.2, 0.25) is 0 Å². The molecular formula is C13H15N5O. The maximum atomic E-state index is 11.8. The lowest BCUT2D eigenvalue weighted by Gasteiger charge is -2.05. The van der Waals surface area contributed by atoms with Crippen LogP contribution in [0, 0.1) is 0 Å². The molecule has 19 heavy (non-hydrogen) atoms. The molecule has 6 nitrogen and oxygen atoms in total. The predicted octanol–water partition coefficient (Wildman–Crippen LogP) is 1.23. The molecule has 2 aromatic heterocycles. The second-order valence-corrected chi connectivity index (χ2v) is 3.85. The maximum Gasteiger partial charge on any atom is 0.270 e. The van der Waals surface area contributed by atoms with Gasteiger partial charge in [0.25, 0.3) is 5.91 Å². The minimum Gasteiger partial charge on any atom is -0.384 e. The first-order valence-electron chi connectivity index (χ1n) is 6.02. The van der Waals surface area contributed by atoms with E-state index in [4.69, 9.17) is 0 Å². The van der Waals surface area contributed by atoms with Gasteiger partial charge in [0.2, 0.25) is 0 Å². The first-order chi connectivity index (χ1) is 9.29. The van der Waals surface area contributed by atoms with E-state index in [9.17, 15) is 4.79 Å². The van der Waals surface area contributed by atoms with Crippen molar-refractivity contribution in [3.8, 4) is 0 Å². The normalized spacial score (nSPS) is 9.95. The van der Waals surface area contributed by atoms with Gasteiger partial charge in [0.15, 0.2) is 0 Å². The fraction of sp³-hybridized carbons (Fsp3) is 0.231. The molecule has 0 aliphatic rings. The third-order valence-electron chi connectivity index (χ3n) is 2.45. The van der Waals surface area contributed by atoms with Gasteiger partial charge >= 0.3 is 0 Å². The second kappa shape index (κ2) is 6.44. The van der Waals surface area contributed by atoms with E-state index >= 15 is 0 Å². The average molecular weight is 257 g/mol. The number of carbonyl (C=O) groups excluding carboxylic acids is 1. The van der Waals surface area contributed by atoms with Gasteiger partial charge in [-0.05, 0) is 25.1 Å². The van der Waals surface area contributed by atoms with Crippen LogP contribution in [0.25, 0.3) is 0 Å². The van der Waals surface area contributed by atoms with Crippen LogP contribution in [0.5, 0.6) is 0 Å². The number of hydrogen-bond donors (Lipinski definition) is 2. The number of hydrogen-bond acceptors (Lipinski definition) is 5. The van der Waals surface area contributed by atoms with Crippen molar-refractivity contribution in [1.82, 2.24) is 20.3 Å². The summed E-state index contributed by atoms with van der Waals surface area (Å²) in [6.45, 7) is 3.18. The first kappa shape index (κ1) is 12.9. The van der Waals surface area contributed by atoms with Crippen LogP contribution in [0.3, 0.4) is 0 Å². The minimum atomic E-state index is -0.221. The zero-order chi connectivity index (χ0) is 13.5. The molecule has 0 spiro atoms. The molecule has 0 fully saturated rings. The van der Waals surface area contributed by atoms with E-state index in [-0.39, 0.29) is 5.91 Å². The van der Waals surface area contributed by atoms with Crippen LogP contribution in [-0.4, -0.2) is 27.4 Å². The molecule has 0 saturated heterocycles. The molecule has 2 aromatic rings. The molecular weight excluding hydrogens is 242 g/mol. The van der Waals surface area contributed by atoms with E-state index < -0.39 is 0 Å². The molecule has 0 aromatic carbocycles. The van der Waals surface area contributed by atoms with Gasteiger partial charge in [-0.25, -0.2) is 15.0 Å². The van der Waals surface area contributed by atoms with E-state index in [1.54, 1.807) is 24.5 Å². The summed E-state index contributed by atoms with van der Waals surface area (Å²) in [5.74, 6) is -0.221. The Bertz CT molecular complexity index is 526. The Hall–Kier alpha value is -2.50. The summed E-state index contributed by atoms with van der Waals surface area (Å²) < 4.78 is 0. The maximum absolute atomic E-state index is 11.8. The van der Waals surface area contributed by atoms with E-state index in [1.807, 2.05) is 13.0 Å². The van der Waals surface area contributed by atoms with Crippen LogP contribution >= 0.6 is 0 Å². The quantitative estimate of drug-likeness (QED) is 0.842. The van der Waals surface area contributed by atoms with Crippen molar-refractivity contribution in [3.63, 3.8) is 0 Å². The molecule has 0 aliphatic heterocycles. The lowest BCUT2D eigenvalue weighted by atomic mass is 10.3. The Morgan fingerprint density at radius 2 is 2.16 bits per heavy atom. The summed E-state index contributed by atoms with van der Waals surface area (Å²) in [5, 5.41) is 5.87. The highest BCUT2D eigenvalue weighted by molar-refractivity contribution is 5.92. The Labute approximate surface area is 111 Å². The lowest BCUT2D eigenvalue weighted by Crippen LogP contribution is -2.24. The monoisotopic (exact) mass is 257 g/mol. The second-order valence-electron chi connectivity index (χ2n) is 3.85. The fourth-order valence-electron chi connectivity index (χ4n) is 1.52. The van der Waals surface area contributed by atoms with Gasteiger partial charge in [0.1, 0.15) is 12.0 Å². The van der Waals surface area contributed by atoms with Crippen molar-refractivity contribution in [1.29, 1.82) is 0 Å². The fourth-order valence-corrected chi connectivity index (χ4v) is 1.52. The number of aromatic nitrogens is 3. The molecule has 6 heteroatoms. The van der Waals surface area contributed by atoms with Gasteiger partial charge in [-0.15, -0.1) is 0 Å². The van der Waals surface area contributed by atoms with E-state index in [2.05, 4.69) is 25.6 Å². The first-order valence-corrected chi connectivity index (χ1v) is 6.02. The summed E-state index contributed by atoms with van der Waals surface area (Å²) in [4.78, 5) is 23.8. The molecule has 0 radical (unpaired) electrons. The molecule has 0 saturated carbocycles. The van der Waals surface area contributed by atoms with E-state index in [0.717, 1.165) is 17.9 Å². The number of nitrogens with one attached hydrogen (secondary N) is 2. The minimum absolute atomic E-state index is 0.221. The molecule has 2 rings (SSSR count). The topological polar surface area (TPSA) is 79.8 Å². The van der Waals surface area contributed by atoms with Crippen LogP contribution < -0.4 is 10.6 Å². The summed E-state index contributed by atoms with van der Waals surface area (Å²) in [6.07, 6.45) is 4.73. The molecule has 1 amide bonds. The zero-order valence-corrected chi connectivity index (χ0v) is 10.6. The third kappa shape index (κ3) is 3.74. The number of carbonyl (C=O) groups is 1. The molecule has 2 N–H and O–H groups in total. The van der Waals surface area contributed by atoms with Gasteiger partial charge in [-0.1, -0.05) is 0 Å². The number of rotatable bonds is 5. The molecule has 0 aliphatic carbocycles. The summed E-state index contributed by atoms with van der Waals surface area (Å²) >= 11 is 0.